The lowest BCUT2D eigenvalue weighted by Gasteiger charge is -2.16. The van der Waals surface area contributed by atoms with Gasteiger partial charge in [-0.1, -0.05) is 19.9 Å². The molecule has 0 aliphatic heterocycles. The van der Waals surface area contributed by atoms with Crippen LogP contribution in [-0.2, 0) is 12.7 Å². The van der Waals surface area contributed by atoms with Crippen LogP contribution >= 0.6 is 0 Å². The normalized spacial score (nSPS) is 12.3. The molecule has 2 aromatic heterocycles. The second-order valence-electron chi connectivity index (χ2n) is 8.15. The topological polar surface area (TPSA) is 69.0 Å². The van der Waals surface area contributed by atoms with Gasteiger partial charge in [0.15, 0.2) is 6.61 Å². The molecule has 0 amide bonds. The number of aromatic nitrogens is 3. The van der Waals surface area contributed by atoms with E-state index in [1.54, 1.807) is 0 Å². The van der Waals surface area contributed by atoms with Crippen LogP contribution in [0.3, 0.4) is 0 Å². The first kappa shape index (κ1) is 26.2. The van der Waals surface area contributed by atoms with Gasteiger partial charge in [0, 0.05) is 30.4 Å². The van der Waals surface area contributed by atoms with E-state index in [-0.39, 0.29) is 22.8 Å². The monoisotopic (exact) mass is 500 g/mol. The predicted octanol–water partition coefficient (Wildman–Crippen LogP) is 5.00. The van der Waals surface area contributed by atoms with Crippen LogP contribution in [0, 0.1) is 5.92 Å². The molecule has 0 unspecified atom stereocenters. The van der Waals surface area contributed by atoms with Crippen LogP contribution in [0.2, 0.25) is 0 Å². The van der Waals surface area contributed by atoms with Gasteiger partial charge in [-0.25, -0.2) is 9.97 Å². The minimum atomic E-state index is -4.70. The average molecular weight is 500 g/mol. The van der Waals surface area contributed by atoms with Crippen molar-refractivity contribution in [2.24, 2.45) is 5.92 Å². The second-order valence-corrected chi connectivity index (χ2v) is 8.15. The molecule has 0 saturated carbocycles. The third kappa shape index (κ3) is 7.28. The van der Waals surface area contributed by atoms with E-state index in [0.29, 0.717) is 24.6 Å². The highest BCUT2D eigenvalue weighted by atomic mass is 19.4. The number of ether oxygens (including phenoxy) is 1. The molecule has 2 heterocycles. The molecule has 0 saturated heterocycles. The van der Waals surface area contributed by atoms with E-state index in [9.17, 15) is 31.1 Å². The zero-order valence-corrected chi connectivity index (χ0v) is 18.7. The van der Waals surface area contributed by atoms with Crippen LogP contribution in [0.15, 0.2) is 53.7 Å². The quantitative estimate of drug-likeness (QED) is 0.441. The summed E-state index contributed by atoms with van der Waals surface area (Å²) < 4.78 is 83.0. The molecule has 0 fully saturated rings. The Labute approximate surface area is 196 Å². The zero-order valence-electron chi connectivity index (χ0n) is 18.7. The summed E-state index contributed by atoms with van der Waals surface area (Å²) in [4.78, 5) is 20.6. The number of benzene rings is 1. The Hall–Kier alpha value is -3.41. The van der Waals surface area contributed by atoms with Crippen LogP contribution in [0.1, 0.15) is 25.0 Å². The molecule has 35 heavy (non-hydrogen) atoms. The molecule has 0 radical (unpaired) electrons. The summed E-state index contributed by atoms with van der Waals surface area (Å²) >= 11 is 0. The van der Waals surface area contributed by atoms with E-state index in [1.165, 1.54) is 24.3 Å². The summed E-state index contributed by atoms with van der Waals surface area (Å²) in [5.74, 6) is 0.0696. The van der Waals surface area contributed by atoms with E-state index in [4.69, 9.17) is 0 Å². The smallest absolute Gasteiger partial charge is 0.422 e. The summed E-state index contributed by atoms with van der Waals surface area (Å²) in [6, 6.07) is 7.09. The number of hydrogen-bond acceptors (Lipinski definition) is 5. The first-order valence-corrected chi connectivity index (χ1v) is 10.5. The molecule has 1 aromatic carbocycles. The van der Waals surface area contributed by atoms with Crippen LogP contribution in [0.25, 0.3) is 16.9 Å². The molecule has 0 aliphatic carbocycles. The standard InChI is InChI=1S/C23H22F6N4O2/c1-14(2)9-30-10-15-3-5-17(23(27,28)29)19(7-15)33-13-32-18(8-21(33)34)16-4-6-20(31-11-16)35-12-22(24,25)26/h3-8,11,13-14,30H,9-10,12H2,1-2H3. The molecule has 12 heteroatoms. The first-order valence-electron chi connectivity index (χ1n) is 10.5. The van der Waals surface area contributed by atoms with Crippen molar-refractivity contribution in [2.45, 2.75) is 32.7 Å². The number of pyridine rings is 1. The molecule has 0 aliphatic rings. The van der Waals surface area contributed by atoms with Gasteiger partial charge < -0.3 is 10.1 Å². The van der Waals surface area contributed by atoms with Crippen molar-refractivity contribution in [3.05, 3.63) is 70.4 Å². The molecule has 3 aromatic rings. The first-order chi connectivity index (χ1) is 16.3. The van der Waals surface area contributed by atoms with Gasteiger partial charge in [0.25, 0.3) is 5.56 Å². The Balaban J connectivity index is 1.90. The fourth-order valence-electron chi connectivity index (χ4n) is 3.14. The van der Waals surface area contributed by atoms with Gasteiger partial charge in [-0.3, -0.25) is 9.36 Å². The summed E-state index contributed by atoms with van der Waals surface area (Å²) in [6.45, 7) is 3.47. The van der Waals surface area contributed by atoms with Crippen molar-refractivity contribution in [2.75, 3.05) is 13.2 Å². The van der Waals surface area contributed by atoms with E-state index >= 15 is 0 Å². The maximum Gasteiger partial charge on any atom is 0.422 e. The highest BCUT2D eigenvalue weighted by Crippen LogP contribution is 2.34. The highest BCUT2D eigenvalue weighted by Gasteiger charge is 2.34. The van der Waals surface area contributed by atoms with Crippen molar-refractivity contribution in [1.29, 1.82) is 0 Å². The molecule has 6 nitrogen and oxygen atoms in total. The average Bonchev–Trinajstić information content (AvgIpc) is 2.76. The van der Waals surface area contributed by atoms with Crippen LogP contribution in [0.4, 0.5) is 26.3 Å². The van der Waals surface area contributed by atoms with Crippen LogP contribution in [0.5, 0.6) is 5.88 Å². The van der Waals surface area contributed by atoms with Gasteiger partial charge in [0.05, 0.1) is 16.9 Å². The molecule has 3 rings (SSSR count). The lowest BCUT2D eigenvalue weighted by Crippen LogP contribution is -2.23. The van der Waals surface area contributed by atoms with Gasteiger partial charge in [-0.15, -0.1) is 0 Å². The summed E-state index contributed by atoms with van der Waals surface area (Å²) in [5, 5.41) is 3.14. The minimum absolute atomic E-state index is 0.0874. The Bertz CT molecular complexity index is 1200. The zero-order chi connectivity index (χ0) is 25.8. The SMILES string of the molecule is CC(C)CNCc1ccc(C(F)(F)F)c(-n2cnc(-c3ccc(OCC(F)(F)F)nc3)cc2=O)c1. The number of halogens is 6. The molecule has 0 atom stereocenters. The molecule has 0 bridgehead atoms. The Kier molecular flexibility index (Phi) is 7.83. The number of hydrogen-bond donors (Lipinski definition) is 1. The minimum Gasteiger partial charge on any atom is -0.468 e. The maximum absolute atomic E-state index is 13.6. The summed E-state index contributed by atoms with van der Waals surface area (Å²) in [6.07, 6.45) is -7.10. The van der Waals surface area contributed by atoms with Crippen LogP contribution in [-0.4, -0.2) is 33.9 Å². The van der Waals surface area contributed by atoms with Crippen molar-refractivity contribution in [3.63, 3.8) is 0 Å². The highest BCUT2D eigenvalue weighted by molar-refractivity contribution is 5.58. The third-order valence-electron chi connectivity index (χ3n) is 4.73. The van der Waals surface area contributed by atoms with Gasteiger partial charge >= 0.3 is 12.4 Å². The number of nitrogens with one attached hydrogen (secondary N) is 1. The van der Waals surface area contributed by atoms with E-state index in [0.717, 1.165) is 29.2 Å². The summed E-state index contributed by atoms with van der Waals surface area (Å²) in [7, 11) is 0. The Morgan fingerprint density at radius 2 is 1.77 bits per heavy atom. The molecular weight excluding hydrogens is 478 g/mol. The summed E-state index contributed by atoms with van der Waals surface area (Å²) in [5.41, 5.74) is -1.21. The second kappa shape index (κ2) is 10.5. The number of rotatable bonds is 8. The lowest BCUT2D eigenvalue weighted by atomic mass is 10.1. The lowest BCUT2D eigenvalue weighted by molar-refractivity contribution is -0.154. The number of nitrogens with zero attached hydrogens (tertiary/aromatic N) is 3. The van der Waals surface area contributed by atoms with Crippen molar-refractivity contribution in [1.82, 2.24) is 19.9 Å². The fourth-order valence-corrected chi connectivity index (χ4v) is 3.14. The van der Waals surface area contributed by atoms with Gasteiger partial charge in [-0.2, -0.15) is 26.3 Å². The van der Waals surface area contributed by atoms with E-state index in [1.807, 2.05) is 13.8 Å². The van der Waals surface area contributed by atoms with Gasteiger partial charge in [0.2, 0.25) is 5.88 Å². The molecule has 188 valence electrons. The van der Waals surface area contributed by atoms with Gasteiger partial charge in [0.1, 0.15) is 6.33 Å². The van der Waals surface area contributed by atoms with Crippen molar-refractivity contribution in [3.8, 4) is 22.8 Å². The third-order valence-corrected chi connectivity index (χ3v) is 4.73. The van der Waals surface area contributed by atoms with Gasteiger partial charge in [-0.05, 0) is 36.2 Å². The Morgan fingerprint density at radius 1 is 1.03 bits per heavy atom. The van der Waals surface area contributed by atoms with Crippen molar-refractivity contribution >= 4 is 0 Å². The maximum atomic E-state index is 13.6. The molecular formula is C23H22F6N4O2. The number of alkyl halides is 6. The predicted molar refractivity (Wildman–Crippen MR) is 116 cm³/mol. The molecule has 1 N–H and O–H groups in total. The molecule has 0 spiro atoms. The van der Waals surface area contributed by atoms with Crippen LogP contribution < -0.4 is 15.6 Å². The van der Waals surface area contributed by atoms with Crippen molar-refractivity contribution < 1.29 is 31.1 Å². The fraction of sp³-hybridized carbons (Fsp3) is 0.348. The Morgan fingerprint density at radius 3 is 2.34 bits per heavy atom. The van der Waals surface area contributed by atoms with E-state index in [2.05, 4.69) is 20.0 Å². The van der Waals surface area contributed by atoms with E-state index < -0.39 is 30.1 Å². The largest absolute Gasteiger partial charge is 0.468 e.